The van der Waals surface area contributed by atoms with Crippen LogP contribution < -0.4 is 0 Å². The highest BCUT2D eigenvalue weighted by Crippen LogP contribution is 2.54. The summed E-state index contributed by atoms with van der Waals surface area (Å²) in [5, 5.41) is 8.72. The van der Waals surface area contributed by atoms with Gasteiger partial charge in [-0.2, -0.15) is 0 Å². The van der Waals surface area contributed by atoms with Crippen LogP contribution in [0.2, 0.25) is 19.6 Å². The van der Waals surface area contributed by atoms with Crippen molar-refractivity contribution in [2.24, 2.45) is 5.92 Å². The van der Waals surface area contributed by atoms with Crippen molar-refractivity contribution in [3.63, 3.8) is 0 Å². The first-order chi connectivity index (χ1) is 20.9. The highest BCUT2D eigenvalue weighted by molar-refractivity contribution is 8.01. The molecule has 3 aromatic rings. The minimum absolute atomic E-state index is 0.00358. The zero-order valence-corrected chi connectivity index (χ0v) is 27.8. The van der Waals surface area contributed by atoms with E-state index >= 15 is 0 Å². The number of thioether (sulfide) groups is 1. The van der Waals surface area contributed by atoms with Gasteiger partial charge in [-0.25, -0.2) is 4.79 Å². The van der Waals surface area contributed by atoms with Crippen LogP contribution in [0.3, 0.4) is 0 Å². The Hall–Kier alpha value is -3.66. The second-order valence-electron chi connectivity index (χ2n) is 12.2. The fraction of sp³-hybridized carbons (Fsp3) is 0.343. The number of amides is 1. The van der Waals surface area contributed by atoms with Crippen molar-refractivity contribution >= 4 is 37.7 Å². The number of ether oxygens (including phenoxy) is 2. The van der Waals surface area contributed by atoms with Crippen LogP contribution in [0.25, 0.3) is 0 Å². The highest BCUT2D eigenvalue weighted by Gasteiger charge is 2.56. The molecule has 0 saturated carbocycles. The molecule has 4 unspecified atom stereocenters. The van der Waals surface area contributed by atoms with Gasteiger partial charge in [0.15, 0.2) is 5.22 Å². The van der Waals surface area contributed by atoms with Gasteiger partial charge in [-0.05, 0) is 30.5 Å². The Morgan fingerprint density at radius 2 is 1.41 bits per heavy atom. The van der Waals surface area contributed by atoms with Gasteiger partial charge < -0.3 is 19.5 Å². The fourth-order valence-electron chi connectivity index (χ4n) is 5.38. The van der Waals surface area contributed by atoms with Gasteiger partial charge >= 0.3 is 11.9 Å². The molecule has 232 valence electrons. The number of hydrogen-bond donors (Lipinski definition) is 1. The molecule has 0 radical (unpaired) electrons. The third-order valence-corrected chi connectivity index (χ3v) is 13.3. The molecule has 4 atom stereocenters. The molecule has 0 aromatic heterocycles. The molecule has 9 heteroatoms. The van der Waals surface area contributed by atoms with Gasteiger partial charge in [-0.3, -0.25) is 9.59 Å². The molecule has 1 aliphatic heterocycles. The van der Waals surface area contributed by atoms with Crippen LogP contribution in [0.5, 0.6) is 0 Å². The molecule has 1 fully saturated rings. The van der Waals surface area contributed by atoms with Crippen LogP contribution in [-0.4, -0.2) is 65.8 Å². The lowest BCUT2D eigenvalue weighted by Crippen LogP contribution is -2.66. The van der Waals surface area contributed by atoms with Crippen molar-refractivity contribution in [3.8, 4) is 0 Å². The number of rotatable bonds is 13. The molecule has 1 heterocycles. The number of hydrogen-bond acceptors (Lipinski definition) is 7. The third kappa shape index (κ3) is 6.41. The predicted octanol–water partition coefficient (Wildman–Crippen LogP) is 5.79. The molecule has 44 heavy (non-hydrogen) atoms. The Morgan fingerprint density at radius 3 is 1.80 bits per heavy atom. The highest BCUT2D eigenvalue weighted by atomic mass is 32.2. The summed E-state index contributed by atoms with van der Waals surface area (Å²) in [6, 6.07) is 30.1. The average Bonchev–Trinajstić information content (AvgIpc) is 3.01. The maximum atomic E-state index is 13.5. The van der Waals surface area contributed by atoms with E-state index in [9.17, 15) is 19.5 Å². The number of aliphatic hydroxyl groups excluding tert-OH is 1. The smallest absolute Gasteiger partial charge is 0.346 e. The maximum absolute atomic E-state index is 13.5. The minimum atomic E-state index is -2.47. The van der Waals surface area contributed by atoms with E-state index in [-0.39, 0.29) is 19.1 Å². The Kier molecular flexibility index (Phi) is 10.2. The first kappa shape index (κ1) is 33.2. The maximum Gasteiger partial charge on any atom is 0.346 e. The van der Waals surface area contributed by atoms with Gasteiger partial charge in [0, 0.05) is 0 Å². The average molecular weight is 632 g/mol. The van der Waals surface area contributed by atoms with E-state index < -0.39 is 47.4 Å². The number of carbonyl (C=O) groups is 3. The number of β-lactam (4-membered cyclic amide) rings is 1. The molecule has 0 spiro atoms. The summed E-state index contributed by atoms with van der Waals surface area (Å²) in [6.07, 6.45) is 0.507. The normalized spacial score (nSPS) is 18.9. The van der Waals surface area contributed by atoms with E-state index in [1.54, 1.807) is 13.8 Å². The summed E-state index contributed by atoms with van der Waals surface area (Å²) in [5.74, 6) is -2.44. The second-order valence-corrected chi connectivity index (χ2v) is 18.9. The number of benzene rings is 3. The zero-order valence-electron chi connectivity index (χ0n) is 25.9. The third-order valence-electron chi connectivity index (χ3n) is 8.31. The number of carbonyl (C=O) groups excluding carboxylic acids is 3. The van der Waals surface area contributed by atoms with Crippen molar-refractivity contribution in [1.29, 1.82) is 0 Å². The van der Waals surface area contributed by atoms with Gasteiger partial charge in [0.25, 0.3) is 0 Å². The SMILES string of the molecule is C=CCOC(=O)C(C)(OC(=O)CN1C(=O)C(C(C)O)C1SC(c1ccccc1)(c1ccccc1)c1ccccc1)[Si](C)(C)C. The van der Waals surface area contributed by atoms with Crippen LogP contribution in [0.1, 0.15) is 30.5 Å². The summed E-state index contributed by atoms with van der Waals surface area (Å²) in [6.45, 7) is 12.1. The van der Waals surface area contributed by atoms with Crippen molar-refractivity contribution < 1.29 is 29.0 Å². The minimum Gasteiger partial charge on any atom is -0.459 e. The lowest BCUT2D eigenvalue weighted by Gasteiger charge is -2.51. The largest absolute Gasteiger partial charge is 0.459 e. The fourth-order valence-corrected chi connectivity index (χ4v) is 8.46. The Morgan fingerprint density at radius 1 is 0.955 bits per heavy atom. The molecule has 1 N–H and O–H groups in total. The van der Waals surface area contributed by atoms with Crippen LogP contribution in [0.4, 0.5) is 0 Å². The lowest BCUT2D eigenvalue weighted by atomic mass is 9.84. The van der Waals surface area contributed by atoms with E-state index in [4.69, 9.17) is 9.47 Å². The van der Waals surface area contributed by atoms with Crippen LogP contribution in [0.15, 0.2) is 104 Å². The van der Waals surface area contributed by atoms with Gasteiger partial charge in [-0.15, -0.1) is 11.8 Å². The van der Waals surface area contributed by atoms with E-state index in [1.807, 2.05) is 74.2 Å². The lowest BCUT2D eigenvalue weighted by molar-refractivity contribution is -0.176. The molecule has 0 aliphatic carbocycles. The second kappa shape index (κ2) is 13.5. The Bertz CT molecular complexity index is 1360. The van der Waals surface area contributed by atoms with E-state index in [0.717, 1.165) is 16.7 Å². The molecular weight excluding hydrogens is 591 g/mol. The summed E-state index contributed by atoms with van der Waals surface area (Å²) in [4.78, 5) is 41.6. The number of aliphatic hydroxyl groups is 1. The van der Waals surface area contributed by atoms with Crippen LogP contribution in [-0.2, 0) is 28.6 Å². The number of likely N-dealkylation sites (tertiary alicyclic amines) is 1. The summed E-state index contributed by atoms with van der Waals surface area (Å²) >= 11 is 1.51. The van der Waals surface area contributed by atoms with Gasteiger partial charge in [0.1, 0.15) is 21.2 Å². The van der Waals surface area contributed by atoms with Crippen molar-refractivity contribution in [2.45, 2.75) is 54.9 Å². The Balaban J connectivity index is 1.75. The monoisotopic (exact) mass is 631 g/mol. The molecule has 3 aromatic carbocycles. The van der Waals surface area contributed by atoms with Crippen molar-refractivity contribution in [3.05, 3.63) is 120 Å². The summed E-state index contributed by atoms with van der Waals surface area (Å²) in [5.41, 5.74) is 2.97. The summed E-state index contributed by atoms with van der Waals surface area (Å²) < 4.78 is 10.4. The van der Waals surface area contributed by atoms with Crippen molar-refractivity contribution in [2.75, 3.05) is 13.2 Å². The molecular formula is C35H41NO6SSi. The quantitative estimate of drug-likeness (QED) is 0.0840. The standard InChI is InChI=1S/C35H41NO6SSi/c1-7-23-41-33(40)34(3,44(4,5)6)42-29(38)24-36-31(39)30(25(2)37)32(36)43-35(26-17-11-8-12-18-26,27-19-13-9-14-20-27)28-21-15-10-16-22-28/h7-22,25,30,32,37H,1,23-24H2,2-6H3. The Labute approximate surface area is 265 Å². The van der Waals surface area contributed by atoms with Gasteiger partial charge in [0.05, 0.1) is 22.1 Å². The van der Waals surface area contributed by atoms with Crippen LogP contribution in [0, 0.1) is 5.92 Å². The molecule has 1 amide bonds. The van der Waals surface area contributed by atoms with E-state index in [2.05, 4.69) is 43.0 Å². The van der Waals surface area contributed by atoms with E-state index in [1.165, 1.54) is 22.7 Å². The molecule has 1 aliphatic rings. The summed E-state index contributed by atoms with van der Waals surface area (Å²) in [7, 11) is -2.47. The van der Waals surface area contributed by atoms with Gasteiger partial charge in [-0.1, -0.05) is 123 Å². The predicted molar refractivity (Wildman–Crippen MR) is 176 cm³/mol. The van der Waals surface area contributed by atoms with Crippen LogP contribution >= 0.6 is 11.8 Å². The zero-order chi connectivity index (χ0) is 32.1. The number of esters is 2. The number of nitrogens with zero attached hydrogens (tertiary/aromatic N) is 1. The van der Waals surface area contributed by atoms with Gasteiger partial charge in [0.2, 0.25) is 5.91 Å². The first-order valence-electron chi connectivity index (χ1n) is 14.7. The van der Waals surface area contributed by atoms with E-state index in [0.29, 0.717) is 0 Å². The molecule has 0 bridgehead atoms. The van der Waals surface area contributed by atoms with Crippen molar-refractivity contribution in [1.82, 2.24) is 4.90 Å². The molecule has 7 nitrogen and oxygen atoms in total. The topological polar surface area (TPSA) is 93.1 Å². The molecule has 4 rings (SSSR count). The molecule has 1 saturated heterocycles. The first-order valence-corrected chi connectivity index (χ1v) is 19.1.